The summed E-state index contributed by atoms with van der Waals surface area (Å²) in [6.07, 6.45) is 5.20. The summed E-state index contributed by atoms with van der Waals surface area (Å²) in [5.74, 6) is 0.272. The molecule has 76 valence electrons. The summed E-state index contributed by atoms with van der Waals surface area (Å²) in [4.78, 5) is 0. The first kappa shape index (κ1) is 9.46. The summed E-state index contributed by atoms with van der Waals surface area (Å²) >= 11 is 0. The zero-order chi connectivity index (χ0) is 9.53. The Bertz CT molecular complexity index is 296. The highest BCUT2D eigenvalue weighted by atomic mass is 32.2. The molecule has 2 fully saturated rings. The summed E-state index contributed by atoms with van der Waals surface area (Å²) in [7, 11) is -3.22. The highest BCUT2D eigenvalue weighted by Gasteiger charge is 2.57. The van der Waals surface area contributed by atoms with Crippen LogP contribution < -0.4 is 0 Å². The molecule has 13 heavy (non-hydrogen) atoms. The molecular formula is C9H16O3S. The second kappa shape index (κ2) is 2.95. The highest BCUT2D eigenvalue weighted by molar-refractivity contribution is 7.89. The van der Waals surface area contributed by atoms with Crippen LogP contribution in [-0.4, -0.2) is 19.8 Å². The maximum Gasteiger partial charge on any atom is 0.275 e. The lowest BCUT2D eigenvalue weighted by molar-refractivity contribution is 0.135. The average molecular weight is 204 g/mol. The monoisotopic (exact) mass is 204 g/mol. The molecule has 1 aliphatic carbocycles. The molecule has 0 N–H and O–H groups in total. The van der Waals surface area contributed by atoms with Gasteiger partial charge in [0.15, 0.2) is 0 Å². The average Bonchev–Trinajstić information content (AvgIpc) is 2.27. The van der Waals surface area contributed by atoms with Gasteiger partial charge in [0.25, 0.3) is 10.1 Å². The molecule has 2 unspecified atom stereocenters. The van der Waals surface area contributed by atoms with Gasteiger partial charge >= 0.3 is 0 Å². The second-order valence-corrected chi connectivity index (χ2v) is 6.24. The van der Waals surface area contributed by atoms with Crippen LogP contribution in [0.25, 0.3) is 0 Å². The molecule has 4 heteroatoms. The minimum atomic E-state index is -3.22. The molecule has 1 spiro atoms. The summed E-state index contributed by atoms with van der Waals surface area (Å²) in [6, 6.07) is 0. The van der Waals surface area contributed by atoms with E-state index < -0.39 is 14.9 Å². The van der Waals surface area contributed by atoms with Crippen molar-refractivity contribution in [3.63, 3.8) is 0 Å². The quantitative estimate of drug-likeness (QED) is 0.564. The molecule has 1 heterocycles. The van der Waals surface area contributed by atoms with E-state index >= 15 is 0 Å². The lowest BCUT2D eigenvalue weighted by atomic mass is 9.89. The molecule has 2 aliphatic rings. The van der Waals surface area contributed by atoms with Crippen LogP contribution in [0.4, 0.5) is 0 Å². The van der Waals surface area contributed by atoms with Crippen molar-refractivity contribution in [2.24, 2.45) is 5.92 Å². The van der Waals surface area contributed by atoms with Gasteiger partial charge in [-0.15, -0.1) is 0 Å². The Kier molecular flexibility index (Phi) is 2.15. The Hall–Kier alpha value is -0.0900. The van der Waals surface area contributed by atoms with E-state index in [1.54, 1.807) is 0 Å². The molecule has 0 amide bonds. The van der Waals surface area contributed by atoms with Gasteiger partial charge in [0.1, 0.15) is 4.75 Å². The SMILES string of the molecule is CC1CCCCCC12COS2(=O)=O. The van der Waals surface area contributed by atoms with Crippen LogP contribution in [0.2, 0.25) is 0 Å². The molecular weight excluding hydrogens is 188 g/mol. The zero-order valence-corrected chi connectivity index (χ0v) is 8.77. The molecule has 0 bridgehead atoms. The van der Waals surface area contributed by atoms with Crippen molar-refractivity contribution in [3.05, 3.63) is 0 Å². The molecule has 0 aromatic rings. The first-order chi connectivity index (χ1) is 6.08. The third kappa shape index (κ3) is 1.22. The predicted molar refractivity (Wildman–Crippen MR) is 49.9 cm³/mol. The first-order valence-electron chi connectivity index (χ1n) is 4.97. The Morgan fingerprint density at radius 2 is 2.08 bits per heavy atom. The minimum Gasteiger partial charge on any atom is -0.268 e. The first-order valence-corrected chi connectivity index (χ1v) is 6.38. The fourth-order valence-electron chi connectivity index (χ4n) is 2.45. The van der Waals surface area contributed by atoms with E-state index in [1.165, 1.54) is 12.8 Å². The third-order valence-corrected chi connectivity index (χ3v) is 5.74. The van der Waals surface area contributed by atoms with Crippen LogP contribution in [0.1, 0.15) is 39.0 Å². The van der Waals surface area contributed by atoms with Crippen LogP contribution in [-0.2, 0) is 14.3 Å². The van der Waals surface area contributed by atoms with E-state index in [4.69, 9.17) is 4.18 Å². The summed E-state index contributed by atoms with van der Waals surface area (Å²) in [5, 5.41) is 0. The van der Waals surface area contributed by atoms with E-state index in [9.17, 15) is 8.42 Å². The maximum absolute atomic E-state index is 11.5. The van der Waals surface area contributed by atoms with Gasteiger partial charge in [-0.05, 0) is 18.8 Å². The Morgan fingerprint density at radius 1 is 1.31 bits per heavy atom. The molecule has 1 saturated carbocycles. The van der Waals surface area contributed by atoms with E-state index in [-0.39, 0.29) is 5.92 Å². The van der Waals surface area contributed by atoms with Crippen molar-refractivity contribution in [1.29, 1.82) is 0 Å². The van der Waals surface area contributed by atoms with Crippen molar-refractivity contribution in [2.45, 2.75) is 43.8 Å². The predicted octanol–water partition coefficient (Wildman–Crippen LogP) is 1.69. The van der Waals surface area contributed by atoms with Crippen LogP contribution in [0.15, 0.2) is 0 Å². The maximum atomic E-state index is 11.5. The Balaban J connectivity index is 2.28. The summed E-state index contributed by atoms with van der Waals surface area (Å²) in [6.45, 7) is 2.47. The van der Waals surface area contributed by atoms with Gasteiger partial charge in [-0.2, -0.15) is 8.42 Å². The standard InChI is InChI=1S/C9H16O3S/c1-8-5-3-2-4-6-9(8)7-12-13(9,10)11/h8H,2-7H2,1H3. The van der Waals surface area contributed by atoms with E-state index in [0.29, 0.717) is 6.61 Å². The fraction of sp³-hybridized carbons (Fsp3) is 1.00. The summed E-state index contributed by atoms with van der Waals surface area (Å²) in [5.41, 5.74) is 0. The lowest BCUT2D eigenvalue weighted by Gasteiger charge is -2.43. The molecule has 3 nitrogen and oxygen atoms in total. The number of rotatable bonds is 0. The lowest BCUT2D eigenvalue weighted by Crippen LogP contribution is -2.57. The topological polar surface area (TPSA) is 43.4 Å². The highest BCUT2D eigenvalue weighted by Crippen LogP contribution is 2.45. The van der Waals surface area contributed by atoms with Gasteiger partial charge < -0.3 is 0 Å². The van der Waals surface area contributed by atoms with Crippen LogP contribution >= 0.6 is 0 Å². The zero-order valence-electron chi connectivity index (χ0n) is 7.95. The van der Waals surface area contributed by atoms with Crippen molar-refractivity contribution in [3.8, 4) is 0 Å². The molecule has 0 radical (unpaired) electrons. The largest absolute Gasteiger partial charge is 0.275 e. The van der Waals surface area contributed by atoms with Gasteiger partial charge in [-0.1, -0.05) is 26.2 Å². The summed E-state index contributed by atoms with van der Waals surface area (Å²) < 4.78 is 27.3. The van der Waals surface area contributed by atoms with Gasteiger partial charge in [0.05, 0.1) is 6.61 Å². The van der Waals surface area contributed by atoms with E-state index in [2.05, 4.69) is 0 Å². The number of hydrogen-bond donors (Lipinski definition) is 0. The van der Waals surface area contributed by atoms with Crippen LogP contribution in [0.3, 0.4) is 0 Å². The fourth-order valence-corrected chi connectivity index (χ4v) is 4.07. The Morgan fingerprint density at radius 3 is 2.62 bits per heavy atom. The van der Waals surface area contributed by atoms with Gasteiger partial charge in [-0.25, -0.2) is 0 Å². The van der Waals surface area contributed by atoms with Gasteiger partial charge in [0.2, 0.25) is 0 Å². The van der Waals surface area contributed by atoms with Crippen molar-refractivity contribution < 1.29 is 12.6 Å². The normalized spacial score (nSPS) is 43.9. The molecule has 0 aromatic carbocycles. The van der Waals surface area contributed by atoms with Crippen LogP contribution in [0, 0.1) is 5.92 Å². The molecule has 1 aliphatic heterocycles. The smallest absolute Gasteiger partial charge is 0.268 e. The molecule has 0 aromatic heterocycles. The third-order valence-electron chi connectivity index (χ3n) is 3.59. The van der Waals surface area contributed by atoms with Crippen LogP contribution in [0.5, 0.6) is 0 Å². The Labute approximate surface area is 79.6 Å². The molecule has 1 saturated heterocycles. The van der Waals surface area contributed by atoms with Crippen molar-refractivity contribution in [2.75, 3.05) is 6.61 Å². The second-order valence-electron chi connectivity index (χ2n) is 4.28. The van der Waals surface area contributed by atoms with E-state index in [1.807, 2.05) is 6.92 Å². The molecule has 2 rings (SSSR count). The van der Waals surface area contributed by atoms with Gasteiger partial charge in [0, 0.05) is 0 Å². The van der Waals surface area contributed by atoms with Crippen molar-refractivity contribution in [1.82, 2.24) is 0 Å². The molecule has 2 atom stereocenters. The minimum absolute atomic E-state index is 0.272. The van der Waals surface area contributed by atoms with Gasteiger partial charge in [-0.3, -0.25) is 4.18 Å². The van der Waals surface area contributed by atoms with E-state index in [0.717, 1.165) is 19.3 Å². The number of hydrogen-bond acceptors (Lipinski definition) is 3. The van der Waals surface area contributed by atoms with Crippen molar-refractivity contribution >= 4 is 10.1 Å².